The molecule has 5 aromatic rings. The van der Waals surface area contributed by atoms with E-state index in [0.717, 1.165) is 0 Å². The number of furan rings is 1. The van der Waals surface area contributed by atoms with Crippen molar-refractivity contribution < 1.29 is 18.3 Å². The molecule has 1 N–H and O–H groups in total. The van der Waals surface area contributed by atoms with Gasteiger partial charge in [0.2, 0.25) is 0 Å². The van der Waals surface area contributed by atoms with E-state index >= 15 is 0 Å². The first kappa shape index (κ1) is 25.7. The molecule has 2 aromatic heterocycles. The number of amides is 2. The first-order valence-electron chi connectivity index (χ1n) is 12.5. The molecule has 9 heteroatoms. The lowest BCUT2D eigenvalue weighted by Crippen LogP contribution is -2.39. The van der Waals surface area contributed by atoms with Crippen LogP contribution in [0.3, 0.4) is 0 Å². The van der Waals surface area contributed by atoms with Gasteiger partial charge in [0, 0.05) is 5.69 Å². The number of aromatic nitrogens is 2. The van der Waals surface area contributed by atoms with Crippen LogP contribution in [0.2, 0.25) is 0 Å². The van der Waals surface area contributed by atoms with Crippen LogP contribution in [0.1, 0.15) is 31.5 Å². The lowest BCUT2D eigenvalue weighted by molar-refractivity contribution is 0.179. The number of halogens is 1. The second kappa shape index (κ2) is 11.2. The van der Waals surface area contributed by atoms with Crippen LogP contribution in [0.15, 0.2) is 100 Å². The Morgan fingerprint density at radius 3 is 2.49 bits per heavy atom. The Hall–Kier alpha value is -4.92. The SMILES string of the molecule is CCOc1ccc(NC(=O)N(Cc2ccco2)C(C)c2nc3ccccc3c(=O)n2-c2ccc(F)cc2)cc1. The Morgan fingerprint density at radius 1 is 1.05 bits per heavy atom. The molecule has 2 heterocycles. The van der Waals surface area contributed by atoms with Gasteiger partial charge in [-0.3, -0.25) is 9.36 Å². The minimum atomic E-state index is -0.694. The van der Waals surface area contributed by atoms with E-state index in [4.69, 9.17) is 14.1 Å². The van der Waals surface area contributed by atoms with Gasteiger partial charge in [-0.15, -0.1) is 0 Å². The van der Waals surface area contributed by atoms with E-state index in [2.05, 4.69) is 5.32 Å². The van der Waals surface area contributed by atoms with Crippen LogP contribution in [0.25, 0.3) is 16.6 Å². The maximum absolute atomic E-state index is 13.8. The van der Waals surface area contributed by atoms with Crippen LogP contribution in [-0.2, 0) is 6.54 Å². The maximum Gasteiger partial charge on any atom is 0.322 e. The summed E-state index contributed by atoms with van der Waals surface area (Å²) in [5, 5.41) is 3.33. The monoisotopic (exact) mass is 526 g/mol. The van der Waals surface area contributed by atoms with Crippen molar-refractivity contribution >= 4 is 22.6 Å². The summed E-state index contributed by atoms with van der Waals surface area (Å²) in [4.78, 5) is 33.7. The Labute approximate surface area is 224 Å². The van der Waals surface area contributed by atoms with Crippen LogP contribution in [0.4, 0.5) is 14.9 Å². The molecule has 0 radical (unpaired) electrons. The van der Waals surface area contributed by atoms with Crippen molar-refractivity contribution in [1.29, 1.82) is 0 Å². The lowest BCUT2D eigenvalue weighted by Gasteiger charge is -2.30. The highest BCUT2D eigenvalue weighted by Gasteiger charge is 2.28. The van der Waals surface area contributed by atoms with Crippen LogP contribution >= 0.6 is 0 Å². The van der Waals surface area contributed by atoms with Crippen LogP contribution < -0.4 is 15.6 Å². The molecule has 0 saturated carbocycles. The minimum Gasteiger partial charge on any atom is -0.494 e. The topological polar surface area (TPSA) is 89.6 Å². The summed E-state index contributed by atoms with van der Waals surface area (Å²) in [5.41, 5.74) is 1.18. The highest BCUT2D eigenvalue weighted by molar-refractivity contribution is 5.89. The molecule has 1 unspecified atom stereocenters. The standard InChI is InChI=1S/C30H27FN4O4/c1-3-38-24-16-12-22(13-17-24)32-30(37)34(19-25-7-6-18-39-25)20(2)28-33-27-9-5-4-8-26(27)29(36)35(28)23-14-10-21(31)11-15-23/h4-18,20H,3,19H2,1-2H3,(H,32,37). The number of para-hydroxylation sites is 1. The third-order valence-electron chi connectivity index (χ3n) is 6.31. The largest absolute Gasteiger partial charge is 0.494 e. The molecule has 0 aliphatic heterocycles. The Bertz CT molecular complexity index is 1630. The Balaban J connectivity index is 1.58. The summed E-state index contributed by atoms with van der Waals surface area (Å²) < 4.78 is 26.2. The van der Waals surface area contributed by atoms with E-state index in [1.54, 1.807) is 67.6 Å². The van der Waals surface area contributed by atoms with Gasteiger partial charge in [0.25, 0.3) is 5.56 Å². The molecule has 2 amide bonds. The van der Waals surface area contributed by atoms with Crippen LogP contribution in [0.5, 0.6) is 5.75 Å². The fraction of sp³-hybridized carbons (Fsp3) is 0.167. The molecule has 0 fully saturated rings. The quantitative estimate of drug-likeness (QED) is 0.256. The second-order valence-electron chi connectivity index (χ2n) is 8.87. The van der Waals surface area contributed by atoms with Crippen molar-refractivity contribution in [2.75, 3.05) is 11.9 Å². The predicted octanol–water partition coefficient (Wildman–Crippen LogP) is 6.31. The molecule has 0 bridgehead atoms. The van der Waals surface area contributed by atoms with Gasteiger partial charge in [-0.1, -0.05) is 12.1 Å². The van der Waals surface area contributed by atoms with Gasteiger partial charge in [-0.2, -0.15) is 0 Å². The molecular weight excluding hydrogens is 499 g/mol. The number of benzene rings is 3. The highest BCUT2D eigenvalue weighted by Crippen LogP contribution is 2.26. The molecule has 198 valence electrons. The smallest absolute Gasteiger partial charge is 0.322 e. The van der Waals surface area contributed by atoms with Crippen LogP contribution in [0, 0.1) is 5.82 Å². The van der Waals surface area contributed by atoms with E-state index in [1.165, 1.54) is 40.0 Å². The Kier molecular flexibility index (Phi) is 7.40. The molecule has 1 atom stereocenters. The molecule has 0 aliphatic carbocycles. The van der Waals surface area contributed by atoms with Crippen molar-refractivity contribution in [1.82, 2.24) is 14.5 Å². The molecule has 39 heavy (non-hydrogen) atoms. The predicted molar refractivity (Wildman–Crippen MR) is 147 cm³/mol. The summed E-state index contributed by atoms with van der Waals surface area (Å²) in [6, 6.07) is 22.0. The van der Waals surface area contributed by atoms with E-state index in [0.29, 0.717) is 46.2 Å². The fourth-order valence-electron chi connectivity index (χ4n) is 4.36. The third-order valence-corrected chi connectivity index (χ3v) is 6.31. The number of urea groups is 1. The molecule has 3 aromatic carbocycles. The number of anilines is 1. The third kappa shape index (κ3) is 5.52. The van der Waals surface area contributed by atoms with Crippen molar-refractivity contribution in [3.63, 3.8) is 0 Å². The highest BCUT2D eigenvalue weighted by atomic mass is 19.1. The minimum absolute atomic E-state index is 0.114. The number of nitrogens with zero attached hydrogens (tertiary/aromatic N) is 3. The maximum atomic E-state index is 13.8. The van der Waals surface area contributed by atoms with E-state index in [-0.39, 0.29) is 12.1 Å². The molecule has 5 rings (SSSR count). The number of hydrogen-bond acceptors (Lipinski definition) is 5. The molecule has 0 spiro atoms. The van der Waals surface area contributed by atoms with Crippen molar-refractivity contribution in [3.8, 4) is 11.4 Å². The average molecular weight is 527 g/mol. The van der Waals surface area contributed by atoms with E-state index in [9.17, 15) is 14.0 Å². The second-order valence-corrected chi connectivity index (χ2v) is 8.87. The number of rotatable bonds is 8. The summed E-state index contributed by atoms with van der Waals surface area (Å²) in [7, 11) is 0. The zero-order valence-electron chi connectivity index (χ0n) is 21.5. The Morgan fingerprint density at radius 2 is 1.79 bits per heavy atom. The van der Waals surface area contributed by atoms with Crippen molar-refractivity contribution in [2.24, 2.45) is 0 Å². The molecular formula is C30H27FN4O4. The summed E-state index contributed by atoms with van der Waals surface area (Å²) in [6.07, 6.45) is 1.53. The number of hydrogen-bond donors (Lipinski definition) is 1. The zero-order chi connectivity index (χ0) is 27.4. The number of fused-ring (bicyclic) bond motifs is 1. The normalized spacial score (nSPS) is 11.8. The van der Waals surface area contributed by atoms with E-state index < -0.39 is 17.9 Å². The van der Waals surface area contributed by atoms with Gasteiger partial charge in [-0.05, 0) is 86.6 Å². The van der Waals surface area contributed by atoms with Gasteiger partial charge < -0.3 is 19.4 Å². The lowest BCUT2D eigenvalue weighted by atomic mass is 10.1. The van der Waals surface area contributed by atoms with E-state index in [1.807, 2.05) is 6.92 Å². The number of carbonyl (C=O) groups is 1. The van der Waals surface area contributed by atoms with Crippen molar-refractivity contribution in [2.45, 2.75) is 26.4 Å². The summed E-state index contributed by atoms with van der Waals surface area (Å²) in [6.45, 7) is 4.34. The summed E-state index contributed by atoms with van der Waals surface area (Å²) >= 11 is 0. The number of nitrogens with one attached hydrogen (secondary N) is 1. The van der Waals surface area contributed by atoms with Gasteiger partial charge in [0.1, 0.15) is 23.2 Å². The van der Waals surface area contributed by atoms with Gasteiger partial charge in [-0.25, -0.2) is 14.2 Å². The number of carbonyl (C=O) groups excluding carboxylic acids is 1. The van der Waals surface area contributed by atoms with Gasteiger partial charge in [0.05, 0.1) is 42.0 Å². The molecule has 0 saturated heterocycles. The first-order chi connectivity index (χ1) is 18.9. The number of ether oxygens (including phenoxy) is 1. The first-order valence-corrected chi connectivity index (χ1v) is 12.5. The molecule has 0 aliphatic rings. The summed E-state index contributed by atoms with van der Waals surface area (Å²) in [5.74, 6) is 1.14. The van der Waals surface area contributed by atoms with Gasteiger partial charge in [0.15, 0.2) is 0 Å². The van der Waals surface area contributed by atoms with Gasteiger partial charge >= 0.3 is 6.03 Å². The fourth-order valence-corrected chi connectivity index (χ4v) is 4.36. The average Bonchev–Trinajstić information content (AvgIpc) is 3.47. The van der Waals surface area contributed by atoms with Crippen LogP contribution in [-0.4, -0.2) is 27.1 Å². The molecule has 8 nitrogen and oxygen atoms in total. The van der Waals surface area contributed by atoms with Crippen molar-refractivity contribution in [3.05, 3.63) is 119 Å². The zero-order valence-corrected chi connectivity index (χ0v) is 21.5.